The van der Waals surface area contributed by atoms with Crippen LogP contribution in [-0.2, 0) is 14.8 Å². The first-order valence-corrected chi connectivity index (χ1v) is 9.32. The Labute approximate surface area is 156 Å². The van der Waals surface area contributed by atoms with Crippen molar-refractivity contribution in [3.63, 3.8) is 0 Å². The molecule has 9 nitrogen and oxygen atoms in total. The van der Waals surface area contributed by atoms with Gasteiger partial charge in [-0.05, 0) is 26.0 Å². The van der Waals surface area contributed by atoms with E-state index in [4.69, 9.17) is 0 Å². The molecule has 27 heavy (non-hydrogen) atoms. The van der Waals surface area contributed by atoms with Gasteiger partial charge in [-0.15, -0.1) is 0 Å². The highest BCUT2D eigenvalue weighted by Gasteiger charge is 2.15. The molecule has 2 aromatic carbocycles. The topological polar surface area (TPSA) is 131 Å². The molecule has 0 aliphatic heterocycles. The first kappa shape index (κ1) is 20.2. The number of nitrogens with one attached hydrogen (secondary N) is 2. The highest BCUT2D eigenvalue weighted by atomic mass is 32.2. The summed E-state index contributed by atoms with van der Waals surface area (Å²) in [7, 11) is -3.80. The molecule has 2 aromatic rings. The number of nitrogens with zero attached hydrogens (tertiary/aromatic N) is 2. The Morgan fingerprint density at radius 2 is 1.85 bits per heavy atom. The summed E-state index contributed by atoms with van der Waals surface area (Å²) in [4.78, 5) is 22.4. The summed E-state index contributed by atoms with van der Waals surface area (Å²) in [5, 5.41) is 14.8. The van der Waals surface area contributed by atoms with E-state index in [1.807, 2.05) is 0 Å². The molecule has 0 saturated heterocycles. The van der Waals surface area contributed by atoms with E-state index in [1.54, 1.807) is 44.2 Å². The minimum absolute atomic E-state index is 0.0458. The monoisotopic (exact) mass is 390 g/mol. The first-order valence-electron chi connectivity index (χ1n) is 7.84. The third-order valence-electron chi connectivity index (χ3n) is 3.65. The lowest BCUT2D eigenvalue weighted by atomic mass is 10.1. The van der Waals surface area contributed by atoms with E-state index in [0.29, 0.717) is 16.8 Å². The van der Waals surface area contributed by atoms with Gasteiger partial charge in [0, 0.05) is 17.2 Å². The van der Waals surface area contributed by atoms with E-state index in [-0.39, 0.29) is 10.6 Å². The summed E-state index contributed by atoms with van der Waals surface area (Å²) in [5.74, 6) is -0.671. The van der Waals surface area contributed by atoms with E-state index in [0.717, 1.165) is 0 Å². The average Bonchev–Trinajstić information content (AvgIpc) is 2.65. The average molecular weight is 390 g/mol. The predicted octanol–water partition coefficient (Wildman–Crippen LogP) is 1.72. The molecule has 142 valence electrons. The second kappa shape index (κ2) is 8.52. The number of nitro groups is 1. The number of carbonyl (C=O) groups excluding carboxylic acids is 1. The number of amides is 1. The normalized spacial score (nSPS) is 11.9. The number of carbonyl (C=O) groups is 1. The molecule has 10 heteroatoms. The maximum absolute atomic E-state index is 12.0. The van der Waals surface area contributed by atoms with Crippen LogP contribution < -0.4 is 10.1 Å². The van der Waals surface area contributed by atoms with Crippen LogP contribution >= 0.6 is 0 Å². The van der Waals surface area contributed by atoms with Gasteiger partial charge in [0.05, 0.1) is 22.1 Å². The van der Waals surface area contributed by atoms with E-state index in [2.05, 4.69) is 15.2 Å². The largest absolute Gasteiger partial charge is 0.272 e. The van der Waals surface area contributed by atoms with Crippen LogP contribution in [0.3, 0.4) is 0 Å². The molecule has 0 aliphatic carbocycles. The molecule has 0 unspecified atom stereocenters. The van der Waals surface area contributed by atoms with Gasteiger partial charge in [0.25, 0.3) is 11.6 Å². The molecule has 0 fully saturated rings. The second-order valence-corrected chi connectivity index (χ2v) is 7.40. The maximum atomic E-state index is 12.0. The maximum Gasteiger partial charge on any atom is 0.272 e. The Balaban J connectivity index is 2.00. The summed E-state index contributed by atoms with van der Waals surface area (Å²) in [6, 6.07) is 12.2. The van der Waals surface area contributed by atoms with Crippen LogP contribution in [0.15, 0.2) is 58.5 Å². The lowest BCUT2D eigenvalue weighted by Gasteiger charge is -2.07. The van der Waals surface area contributed by atoms with Crippen LogP contribution in [0.4, 0.5) is 5.69 Å². The molecule has 0 aromatic heterocycles. The summed E-state index contributed by atoms with van der Waals surface area (Å²) >= 11 is 0. The van der Waals surface area contributed by atoms with Crippen LogP contribution in [0.25, 0.3) is 0 Å². The summed E-state index contributed by atoms with van der Waals surface area (Å²) in [5.41, 5.74) is 3.49. The van der Waals surface area contributed by atoms with Crippen molar-refractivity contribution in [3.05, 3.63) is 69.8 Å². The van der Waals surface area contributed by atoms with Gasteiger partial charge >= 0.3 is 0 Å². The molecule has 0 heterocycles. The Kier molecular flexibility index (Phi) is 6.37. The van der Waals surface area contributed by atoms with Gasteiger partial charge in [0.15, 0.2) is 0 Å². The van der Waals surface area contributed by atoms with Gasteiger partial charge in [0.1, 0.15) is 0 Å². The van der Waals surface area contributed by atoms with Crippen molar-refractivity contribution in [3.8, 4) is 0 Å². The summed E-state index contributed by atoms with van der Waals surface area (Å²) < 4.78 is 26.2. The first-order chi connectivity index (χ1) is 12.7. The van der Waals surface area contributed by atoms with Crippen molar-refractivity contribution in [1.82, 2.24) is 10.1 Å². The van der Waals surface area contributed by atoms with Crippen molar-refractivity contribution in [1.29, 1.82) is 0 Å². The third-order valence-corrected chi connectivity index (χ3v) is 5.07. The number of hydrazone groups is 1. The standard InChI is InChI=1S/C17H18N4O5S/c1-12-8-9-14(10-16(12)21(23)24)13(2)19-20-17(22)11-18-27(25,26)15-6-4-3-5-7-15/h3-10,18H,11H2,1-2H3,(H,20,22)/b19-13-. The predicted molar refractivity (Wildman–Crippen MR) is 99.8 cm³/mol. The number of benzene rings is 2. The van der Waals surface area contributed by atoms with Crippen molar-refractivity contribution >= 4 is 27.3 Å². The zero-order chi connectivity index (χ0) is 20.0. The van der Waals surface area contributed by atoms with Crippen LogP contribution in [0, 0.1) is 17.0 Å². The number of hydrogen-bond donors (Lipinski definition) is 2. The number of aryl methyl sites for hydroxylation is 1. The van der Waals surface area contributed by atoms with Crippen molar-refractivity contribution in [2.45, 2.75) is 18.7 Å². The molecule has 2 N–H and O–H groups in total. The fraction of sp³-hybridized carbons (Fsp3) is 0.176. The zero-order valence-corrected chi connectivity index (χ0v) is 15.5. The molecule has 0 saturated carbocycles. The number of nitro benzene ring substituents is 1. The quantitative estimate of drug-likeness (QED) is 0.422. The Bertz CT molecular complexity index is 988. The Morgan fingerprint density at radius 1 is 1.19 bits per heavy atom. The number of hydrogen-bond acceptors (Lipinski definition) is 6. The van der Waals surface area contributed by atoms with Gasteiger partial charge < -0.3 is 0 Å². The van der Waals surface area contributed by atoms with Crippen LogP contribution in [0.5, 0.6) is 0 Å². The minimum Gasteiger partial charge on any atom is -0.272 e. The van der Waals surface area contributed by atoms with Crippen molar-refractivity contribution in [2.24, 2.45) is 5.10 Å². The summed E-state index contributed by atoms with van der Waals surface area (Å²) in [6.07, 6.45) is 0. The highest BCUT2D eigenvalue weighted by molar-refractivity contribution is 7.89. The third kappa shape index (κ3) is 5.43. The smallest absolute Gasteiger partial charge is 0.272 e. The van der Waals surface area contributed by atoms with Gasteiger partial charge in [-0.1, -0.05) is 30.3 Å². The van der Waals surface area contributed by atoms with Gasteiger partial charge in [0.2, 0.25) is 10.0 Å². The Hall–Kier alpha value is -3.11. The lowest BCUT2D eigenvalue weighted by Crippen LogP contribution is -2.35. The molecule has 2 rings (SSSR count). The number of sulfonamides is 1. The molecule has 0 atom stereocenters. The van der Waals surface area contributed by atoms with E-state index in [9.17, 15) is 23.3 Å². The molecule has 0 bridgehead atoms. The zero-order valence-electron chi connectivity index (χ0n) is 14.7. The van der Waals surface area contributed by atoms with E-state index < -0.39 is 27.4 Å². The molecule has 0 spiro atoms. The van der Waals surface area contributed by atoms with Gasteiger partial charge in [-0.25, -0.2) is 18.6 Å². The molecule has 1 amide bonds. The van der Waals surface area contributed by atoms with Crippen LogP contribution in [0.1, 0.15) is 18.1 Å². The molecule has 0 radical (unpaired) electrons. The lowest BCUT2D eigenvalue weighted by molar-refractivity contribution is -0.385. The number of rotatable bonds is 7. The Morgan fingerprint density at radius 3 is 2.48 bits per heavy atom. The van der Waals surface area contributed by atoms with Crippen molar-refractivity contribution < 1.29 is 18.1 Å². The fourth-order valence-corrected chi connectivity index (χ4v) is 3.13. The van der Waals surface area contributed by atoms with Crippen LogP contribution in [-0.4, -0.2) is 31.5 Å². The molecule has 0 aliphatic rings. The summed E-state index contributed by atoms with van der Waals surface area (Å²) in [6.45, 7) is 2.69. The van der Waals surface area contributed by atoms with E-state index in [1.165, 1.54) is 18.2 Å². The fourth-order valence-electron chi connectivity index (χ4n) is 2.12. The van der Waals surface area contributed by atoms with Crippen LogP contribution in [0.2, 0.25) is 0 Å². The molecular formula is C17H18N4O5S. The van der Waals surface area contributed by atoms with E-state index >= 15 is 0 Å². The van der Waals surface area contributed by atoms with Crippen molar-refractivity contribution in [2.75, 3.05) is 6.54 Å². The minimum atomic E-state index is -3.80. The van der Waals surface area contributed by atoms with Gasteiger partial charge in [-0.3, -0.25) is 14.9 Å². The second-order valence-electron chi connectivity index (χ2n) is 5.63. The highest BCUT2D eigenvalue weighted by Crippen LogP contribution is 2.19. The SMILES string of the molecule is C/C(=N/NC(=O)CNS(=O)(=O)c1ccccc1)c1ccc(C)c([N+](=O)[O-])c1. The molecular weight excluding hydrogens is 372 g/mol. The van der Waals surface area contributed by atoms with Gasteiger partial charge in [-0.2, -0.15) is 5.10 Å².